The number of fused-ring (bicyclic) bond motifs is 1. The molecule has 0 N–H and O–H groups in total. The van der Waals surface area contributed by atoms with Crippen LogP contribution in [0.2, 0.25) is 10.0 Å². The third kappa shape index (κ3) is 3.07. The summed E-state index contributed by atoms with van der Waals surface area (Å²) in [4.78, 5) is 14.4. The number of para-hydroxylation sites is 1. The van der Waals surface area contributed by atoms with Crippen LogP contribution in [0.15, 0.2) is 42.5 Å². The Balaban J connectivity index is 1.95. The maximum absolute atomic E-state index is 12.1. The van der Waals surface area contributed by atoms with Crippen LogP contribution in [0.25, 0.3) is 0 Å². The standard InChI is InChI=1S/C17H15Cl2NO/c18-13-8-7-12(15(19)10-13)11-20-9-3-6-17(21)14-4-1-2-5-16(14)20/h1-2,4-5,7-8,10H,3,6,9,11H2. The van der Waals surface area contributed by atoms with Crippen molar-refractivity contribution in [1.29, 1.82) is 0 Å². The van der Waals surface area contributed by atoms with Crippen molar-refractivity contribution in [2.45, 2.75) is 19.4 Å². The molecule has 0 atom stereocenters. The van der Waals surface area contributed by atoms with E-state index in [2.05, 4.69) is 4.90 Å². The molecule has 108 valence electrons. The van der Waals surface area contributed by atoms with Crippen molar-refractivity contribution in [2.24, 2.45) is 0 Å². The highest BCUT2D eigenvalue weighted by Gasteiger charge is 2.20. The van der Waals surface area contributed by atoms with E-state index in [1.807, 2.05) is 36.4 Å². The molecular formula is C17H15Cl2NO. The molecule has 1 aliphatic heterocycles. The summed E-state index contributed by atoms with van der Waals surface area (Å²) in [5.74, 6) is 0.218. The van der Waals surface area contributed by atoms with Crippen LogP contribution in [0, 0.1) is 0 Å². The molecule has 1 aliphatic rings. The number of hydrogen-bond donors (Lipinski definition) is 0. The Morgan fingerprint density at radius 1 is 1.10 bits per heavy atom. The van der Waals surface area contributed by atoms with Crippen molar-refractivity contribution in [1.82, 2.24) is 0 Å². The first-order valence-corrected chi connectivity index (χ1v) is 7.72. The number of ketones is 1. The van der Waals surface area contributed by atoms with Gasteiger partial charge in [0.05, 0.1) is 0 Å². The van der Waals surface area contributed by atoms with Gasteiger partial charge in [-0.3, -0.25) is 4.79 Å². The Morgan fingerprint density at radius 3 is 2.71 bits per heavy atom. The predicted molar refractivity (Wildman–Crippen MR) is 87.5 cm³/mol. The summed E-state index contributed by atoms with van der Waals surface area (Å²) in [5, 5.41) is 1.30. The quantitative estimate of drug-likeness (QED) is 0.778. The molecule has 1 heterocycles. The average molecular weight is 320 g/mol. The maximum atomic E-state index is 12.1. The number of carbonyl (C=O) groups excluding carboxylic acids is 1. The van der Waals surface area contributed by atoms with Gasteiger partial charge >= 0.3 is 0 Å². The van der Waals surface area contributed by atoms with E-state index >= 15 is 0 Å². The van der Waals surface area contributed by atoms with Crippen molar-refractivity contribution < 1.29 is 4.79 Å². The average Bonchev–Trinajstić information content (AvgIpc) is 2.63. The van der Waals surface area contributed by atoms with Crippen LogP contribution in [0.1, 0.15) is 28.8 Å². The van der Waals surface area contributed by atoms with Crippen molar-refractivity contribution in [3.8, 4) is 0 Å². The van der Waals surface area contributed by atoms with Gasteiger partial charge in [0.1, 0.15) is 0 Å². The molecule has 0 aliphatic carbocycles. The molecule has 0 saturated heterocycles. The maximum Gasteiger partial charge on any atom is 0.165 e. The van der Waals surface area contributed by atoms with E-state index in [4.69, 9.17) is 23.2 Å². The van der Waals surface area contributed by atoms with Gasteiger partial charge < -0.3 is 4.90 Å². The lowest BCUT2D eigenvalue weighted by atomic mass is 10.1. The number of Topliss-reactive ketones (excluding diaryl/α,β-unsaturated/α-hetero) is 1. The summed E-state index contributed by atoms with van der Waals surface area (Å²) in [6.45, 7) is 1.53. The van der Waals surface area contributed by atoms with Gasteiger partial charge in [-0.05, 0) is 36.2 Å². The number of benzene rings is 2. The number of halogens is 2. The van der Waals surface area contributed by atoms with Crippen molar-refractivity contribution in [3.63, 3.8) is 0 Å². The predicted octanol–water partition coefficient (Wildman–Crippen LogP) is 4.98. The van der Waals surface area contributed by atoms with Crippen molar-refractivity contribution in [3.05, 3.63) is 63.6 Å². The molecule has 2 aromatic rings. The second kappa shape index (κ2) is 6.08. The number of hydrogen-bond acceptors (Lipinski definition) is 2. The van der Waals surface area contributed by atoms with E-state index in [0.29, 0.717) is 23.0 Å². The van der Waals surface area contributed by atoms with Gasteiger partial charge in [-0.2, -0.15) is 0 Å². The second-order valence-electron chi connectivity index (χ2n) is 5.20. The van der Waals surface area contributed by atoms with E-state index in [9.17, 15) is 4.79 Å². The second-order valence-corrected chi connectivity index (χ2v) is 6.04. The molecule has 0 radical (unpaired) electrons. The van der Waals surface area contributed by atoms with E-state index in [1.54, 1.807) is 6.07 Å². The number of anilines is 1. The largest absolute Gasteiger partial charge is 0.367 e. The molecule has 0 fully saturated rings. The lowest BCUT2D eigenvalue weighted by Gasteiger charge is -2.25. The Bertz CT molecular complexity index is 684. The van der Waals surface area contributed by atoms with Gasteiger partial charge in [0.15, 0.2) is 5.78 Å². The molecule has 2 aromatic carbocycles. The van der Waals surface area contributed by atoms with Crippen LogP contribution in [0.4, 0.5) is 5.69 Å². The molecule has 0 saturated carbocycles. The lowest BCUT2D eigenvalue weighted by molar-refractivity contribution is 0.0984. The SMILES string of the molecule is O=C1CCCN(Cc2ccc(Cl)cc2Cl)c2ccccc21. The Labute approximate surface area is 134 Å². The van der Waals surface area contributed by atoms with Gasteiger partial charge in [0, 0.05) is 40.8 Å². The summed E-state index contributed by atoms with van der Waals surface area (Å²) in [5.41, 5.74) is 2.82. The monoisotopic (exact) mass is 319 g/mol. The molecule has 21 heavy (non-hydrogen) atoms. The number of nitrogens with zero attached hydrogens (tertiary/aromatic N) is 1. The summed E-state index contributed by atoms with van der Waals surface area (Å²) < 4.78 is 0. The lowest BCUT2D eigenvalue weighted by Crippen LogP contribution is -2.23. The van der Waals surface area contributed by atoms with E-state index < -0.39 is 0 Å². The van der Waals surface area contributed by atoms with Gasteiger partial charge in [0.25, 0.3) is 0 Å². The summed E-state index contributed by atoms with van der Waals surface area (Å²) in [6, 6.07) is 13.3. The third-order valence-electron chi connectivity index (χ3n) is 3.75. The Morgan fingerprint density at radius 2 is 1.90 bits per heavy atom. The van der Waals surface area contributed by atoms with E-state index in [-0.39, 0.29) is 5.78 Å². The van der Waals surface area contributed by atoms with Crippen LogP contribution in [0.5, 0.6) is 0 Å². The summed E-state index contributed by atoms with van der Waals surface area (Å²) in [6.07, 6.45) is 1.46. The topological polar surface area (TPSA) is 20.3 Å². The molecule has 0 spiro atoms. The van der Waals surface area contributed by atoms with E-state index in [1.165, 1.54) is 0 Å². The molecule has 3 rings (SSSR count). The number of rotatable bonds is 2. The smallest absolute Gasteiger partial charge is 0.165 e. The zero-order valence-corrected chi connectivity index (χ0v) is 13.0. The van der Waals surface area contributed by atoms with Crippen LogP contribution in [-0.4, -0.2) is 12.3 Å². The highest BCUT2D eigenvalue weighted by atomic mass is 35.5. The fraction of sp³-hybridized carbons (Fsp3) is 0.235. The Kier molecular flexibility index (Phi) is 4.18. The van der Waals surface area contributed by atoms with Gasteiger partial charge in [-0.1, -0.05) is 41.4 Å². The first-order valence-electron chi connectivity index (χ1n) is 6.96. The van der Waals surface area contributed by atoms with Gasteiger partial charge in [-0.15, -0.1) is 0 Å². The molecule has 0 aromatic heterocycles. The van der Waals surface area contributed by atoms with Crippen molar-refractivity contribution in [2.75, 3.05) is 11.4 Å². The molecule has 0 unspecified atom stereocenters. The molecule has 2 nitrogen and oxygen atoms in total. The zero-order chi connectivity index (χ0) is 14.8. The zero-order valence-electron chi connectivity index (χ0n) is 11.5. The Hall–Kier alpha value is -1.51. The van der Waals surface area contributed by atoms with Crippen LogP contribution in [-0.2, 0) is 6.54 Å². The molecule has 4 heteroatoms. The fourth-order valence-corrected chi connectivity index (χ4v) is 3.16. The van der Waals surface area contributed by atoms with Crippen molar-refractivity contribution >= 4 is 34.7 Å². The van der Waals surface area contributed by atoms with Crippen LogP contribution < -0.4 is 4.90 Å². The minimum absolute atomic E-state index is 0.218. The first-order chi connectivity index (χ1) is 10.1. The number of carbonyl (C=O) groups is 1. The van der Waals surface area contributed by atoms with Gasteiger partial charge in [-0.25, -0.2) is 0 Å². The molecular weight excluding hydrogens is 305 g/mol. The summed E-state index contributed by atoms with van der Waals surface area (Å²) in [7, 11) is 0. The van der Waals surface area contributed by atoms with Crippen LogP contribution in [0.3, 0.4) is 0 Å². The summed E-state index contributed by atoms with van der Waals surface area (Å²) >= 11 is 12.2. The normalized spacial score (nSPS) is 14.8. The first kappa shape index (κ1) is 14.4. The van der Waals surface area contributed by atoms with Crippen LogP contribution >= 0.6 is 23.2 Å². The van der Waals surface area contributed by atoms with Gasteiger partial charge in [0.2, 0.25) is 0 Å². The highest BCUT2D eigenvalue weighted by Crippen LogP contribution is 2.29. The molecule has 0 amide bonds. The minimum Gasteiger partial charge on any atom is -0.367 e. The highest BCUT2D eigenvalue weighted by molar-refractivity contribution is 6.35. The fourth-order valence-electron chi connectivity index (χ4n) is 2.69. The third-order valence-corrected chi connectivity index (χ3v) is 4.34. The minimum atomic E-state index is 0.218. The van der Waals surface area contributed by atoms with E-state index in [0.717, 1.165) is 29.8 Å². The molecule has 0 bridgehead atoms.